The summed E-state index contributed by atoms with van der Waals surface area (Å²) in [6, 6.07) is 7.49. The van der Waals surface area contributed by atoms with Crippen molar-refractivity contribution in [1.29, 1.82) is 0 Å². The lowest BCUT2D eigenvalue weighted by Crippen LogP contribution is -2.49. The maximum atomic E-state index is 12.9. The first-order valence-corrected chi connectivity index (χ1v) is 9.52. The highest BCUT2D eigenvalue weighted by atomic mass is 16.5. The zero-order valence-corrected chi connectivity index (χ0v) is 14.7. The number of rotatable bonds is 2. The van der Waals surface area contributed by atoms with E-state index in [1.54, 1.807) is 4.90 Å². The molecule has 0 unspecified atom stereocenters. The van der Waals surface area contributed by atoms with Crippen LogP contribution >= 0.6 is 0 Å². The van der Waals surface area contributed by atoms with E-state index in [-0.39, 0.29) is 18.4 Å². The van der Waals surface area contributed by atoms with Crippen LogP contribution in [-0.2, 0) is 9.59 Å². The van der Waals surface area contributed by atoms with Crippen molar-refractivity contribution in [2.24, 2.45) is 11.8 Å². The highest BCUT2D eigenvalue weighted by Crippen LogP contribution is 2.36. The first kappa shape index (κ1) is 16.4. The number of carbonyl (C=O) groups is 2. The Morgan fingerprint density at radius 2 is 1.92 bits per heavy atom. The van der Waals surface area contributed by atoms with Crippen LogP contribution < -0.4 is 9.64 Å². The molecule has 1 aliphatic carbocycles. The van der Waals surface area contributed by atoms with Crippen molar-refractivity contribution in [3.63, 3.8) is 0 Å². The summed E-state index contributed by atoms with van der Waals surface area (Å²) >= 11 is 0. The summed E-state index contributed by atoms with van der Waals surface area (Å²) in [5, 5.41) is 0. The van der Waals surface area contributed by atoms with E-state index in [0.29, 0.717) is 30.4 Å². The number of amides is 2. The van der Waals surface area contributed by atoms with E-state index in [1.807, 2.05) is 29.2 Å². The van der Waals surface area contributed by atoms with Gasteiger partial charge in [-0.3, -0.25) is 14.5 Å². The van der Waals surface area contributed by atoms with E-state index in [2.05, 4.69) is 0 Å². The average molecular weight is 342 g/mol. The fraction of sp³-hybridized carbons (Fsp3) is 0.600. The Balaban J connectivity index is 1.47. The number of carbonyl (C=O) groups excluding carboxylic acids is 2. The minimum Gasteiger partial charge on any atom is -0.491 e. The molecule has 2 heterocycles. The summed E-state index contributed by atoms with van der Waals surface area (Å²) in [4.78, 5) is 29.0. The Morgan fingerprint density at radius 3 is 2.80 bits per heavy atom. The van der Waals surface area contributed by atoms with Crippen LogP contribution in [0.2, 0.25) is 0 Å². The molecule has 25 heavy (non-hydrogen) atoms. The number of anilines is 1. The van der Waals surface area contributed by atoms with Crippen molar-refractivity contribution in [3.8, 4) is 5.75 Å². The van der Waals surface area contributed by atoms with Crippen LogP contribution in [0.4, 0.5) is 5.69 Å². The number of fused-ring (bicyclic) bond motifs is 2. The molecule has 0 radical (unpaired) electrons. The SMILES string of the molecule is O=C(CN1C(=O)CCOc2ccccc21)N1CC[C@H]2CCCC[C@H]2C1. The summed E-state index contributed by atoms with van der Waals surface area (Å²) < 4.78 is 5.66. The lowest BCUT2D eigenvalue weighted by atomic mass is 9.75. The Labute approximate surface area is 148 Å². The molecule has 0 bridgehead atoms. The lowest BCUT2D eigenvalue weighted by Gasteiger charge is -2.41. The van der Waals surface area contributed by atoms with E-state index in [9.17, 15) is 9.59 Å². The Morgan fingerprint density at radius 1 is 1.12 bits per heavy atom. The van der Waals surface area contributed by atoms with Gasteiger partial charge in [-0.25, -0.2) is 0 Å². The molecule has 0 spiro atoms. The summed E-state index contributed by atoms with van der Waals surface area (Å²) in [6.45, 7) is 2.19. The van der Waals surface area contributed by atoms with Crippen molar-refractivity contribution in [2.75, 3.05) is 31.1 Å². The Hall–Kier alpha value is -2.04. The molecule has 134 valence electrons. The van der Waals surface area contributed by atoms with Crippen LogP contribution in [0.3, 0.4) is 0 Å². The van der Waals surface area contributed by atoms with Gasteiger partial charge in [0.2, 0.25) is 11.8 Å². The topological polar surface area (TPSA) is 49.9 Å². The number of para-hydroxylation sites is 2. The van der Waals surface area contributed by atoms with Gasteiger partial charge < -0.3 is 9.64 Å². The summed E-state index contributed by atoms with van der Waals surface area (Å²) in [6.07, 6.45) is 6.62. The first-order chi connectivity index (χ1) is 12.2. The van der Waals surface area contributed by atoms with Gasteiger partial charge in [-0.1, -0.05) is 31.4 Å². The minimum absolute atomic E-state index is 0.0362. The molecule has 2 aliphatic heterocycles. The van der Waals surface area contributed by atoms with Gasteiger partial charge in [0.15, 0.2) is 0 Å². The number of hydrogen-bond acceptors (Lipinski definition) is 3. The highest BCUT2D eigenvalue weighted by molar-refractivity contribution is 6.00. The third-order valence-electron chi connectivity index (χ3n) is 5.97. The van der Waals surface area contributed by atoms with Crippen LogP contribution in [0.15, 0.2) is 24.3 Å². The smallest absolute Gasteiger partial charge is 0.242 e. The second-order valence-corrected chi connectivity index (χ2v) is 7.48. The average Bonchev–Trinajstić information content (AvgIpc) is 2.80. The van der Waals surface area contributed by atoms with Gasteiger partial charge in [0, 0.05) is 13.1 Å². The first-order valence-electron chi connectivity index (χ1n) is 9.52. The fourth-order valence-corrected chi connectivity index (χ4v) is 4.56. The Bertz CT molecular complexity index is 660. The van der Waals surface area contributed by atoms with Crippen LogP contribution in [0.5, 0.6) is 5.75 Å². The Kier molecular flexibility index (Phi) is 4.64. The minimum atomic E-state index is -0.0362. The largest absolute Gasteiger partial charge is 0.491 e. The normalized spacial score (nSPS) is 26.3. The van der Waals surface area contributed by atoms with Gasteiger partial charge in [-0.2, -0.15) is 0 Å². The molecule has 3 aliphatic rings. The number of ether oxygens (including phenoxy) is 1. The molecule has 0 N–H and O–H groups in total. The quantitative estimate of drug-likeness (QED) is 0.830. The molecule has 1 aromatic rings. The molecule has 5 heteroatoms. The summed E-state index contributed by atoms with van der Waals surface area (Å²) in [7, 11) is 0. The van der Waals surface area contributed by atoms with Crippen molar-refractivity contribution in [2.45, 2.75) is 38.5 Å². The number of piperidine rings is 1. The number of benzene rings is 1. The maximum absolute atomic E-state index is 12.9. The van der Waals surface area contributed by atoms with Crippen LogP contribution in [0.25, 0.3) is 0 Å². The molecule has 2 fully saturated rings. The van der Waals surface area contributed by atoms with Crippen molar-refractivity contribution in [3.05, 3.63) is 24.3 Å². The van der Waals surface area contributed by atoms with Gasteiger partial charge in [0.05, 0.1) is 18.7 Å². The molecule has 5 nitrogen and oxygen atoms in total. The number of hydrogen-bond donors (Lipinski definition) is 0. The van der Waals surface area contributed by atoms with E-state index < -0.39 is 0 Å². The summed E-state index contributed by atoms with van der Waals surface area (Å²) in [5.41, 5.74) is 0.714. The van der Waals surface area contributed by atoms with Crippen LogP contribution in [0, 0.1) is 11.8 Å². The maximum Gasteiger partial charge on any atom is 0.242 e. The van der Waals surface area contributed by atoms with Gasteiger partial charge in [0.1, 0.15) is 12.3 Å². The number of likely N-dealkylation sites (tertiary alicyclic amines) is 1. The van der Waals surface area contributed by atoms with Crippen molar-refractivity contribution >= 4 is 17.5 Å². The van der Waals surface area contributed by atoms with E-state index in [4.69, 9.17) is 4.74 Å². The fourth-order valence-electron chi connectivity index (χ4n) is 4.56. The summed E-state index contributed by atoms with van der Waals surface area (Å²) in [5.74, 6) is 2.17. The number of nitrogens with zero attached hydrogens (tertiary/aromatic N) is 2. The molecule has 4 rings (SSSR count). The monoisotopic (exact) mass is 342 g/mol. The molecular formula is C20H26N2O3. The molecule has 0 aromatic heterocycles. The molecule has 1 aromatic carbocycles. The van der Waals surface area contributed by atoms with Gasteiger partial charge >= 0.3 is 0 Å². The lowest BCUT2D eigenvalue weighted by molar-refractivity contribution is -0.134. The van der Waals surface area contributed by atoms with E-state index in [1.165, 1.54) is 25.7 Å². The molecule has 2 amide bonds. The third-order valence-corrected chi connectivity index (χ3v) is 5.97. The second kappa shape index (κ2) is 7.06. The van der Waals surface area contributed by atoms with Crippen molar-refractivity contribution in [1.82, 2.24) is 4.90 Å². The zero-order chi connectivity index (χ0) is 17.2. The van der Waals surface area contributed by atoms with Crippen LogP contribution in [0.1, 0.15) is 38.5 Å². The predicted molar refractivity (Wildman–Crippen MR) is 95.6 cm³/mol. The molecule has 1 saturated carbocycles. The van der Waals surface area contributed by atoms with E-state index >= 15 is 0 Å². The highest BCUT2D eigenvalue weighted by Gasteiger charge is 2.34. The van der Waals surface area contributed by atoms with Gasteiger partial charge in [0.25, 0.3) is 0 Å². The van der Waals surface area contributed by atoms with Gasteiger partial charge in [-0.05, 0) is 36.8 Å². The van der Waals surface area contributed by atoms with Crippen LogP contribution in [-0.4, -0.2) is 43.0 Å². The van der Waals surface area contributed by atoms with Crippen molar-refractivity contribution < 1.29 is 14.3 Å². The predicted octanol–water partition coefficient (Wildman–Crippen LogP) is 2.84. The standard InChI is InChI=1S/C20H26N2O3/c23-19-10-12-25-18-8-4-3-7-17(18)22(19)14-20(24)21-11-9-15-5-1-2-6-16(15)13-21/h3-4,7-8,15-16H,1-2,5-6,9-14H2/t15-,16+/m1/s1. The molecule has 1 saturated heterocycles. The van der Waals surface area contributed by atoms with E-state index in [0.717, 1.165) is 25.4 Å². The molecular weight excluding hydrogens is 316 g/mol. The second-order valence-electron chi connectivity index (χ2n) is 7.48. The third kappa shape index (κ3) is 3.37. The zero-order valence-electron chi connectivity index (χ0n) is 14.7. The van der Waals surface area contributed by atoms with Gasteiger partial charge in [-0.15, -0.1) is 0 Å². The molecule has 2 atom stereocenters.